The van der Waals surface area contributed by atoms with Crippen molar-refractivity contribution in [2.75, 3.05) is 23.8 Å². The molecule has 0 aromatic carbocycles. The molecule has 17 heavy (non-hydrogen) atoms. The van der Waals surface area contributed by atoms with Crippen LogP contribution in [-0.4, -0.2) is 48.5 Å². The van der Waals surface area contributed by atoms with Gasteiger partial charge in [0, 0.05) is 25.3 Å². The van der Waals surface area contributed by atoms with Crippen LogP contribution in [0.3, 0.4) is 0 Å². The molecule has 96 valence electrons. The van der Waals surface area contributed by atoms with Gasteiger partial charge in [0.2, 0.25) is 5.89 Å². The first-order chi connectivity index (χ1) is 8.05. The van der Waals surface area contributed by atoms with Gasteiger partial charge in [0.05, 0.1) is 11.5 Å². The van der Waals surface area contributed by atoms with Gasteiger partial charge in [-0.3, -0.25) is 0 Å². The topological polar surface area (TPSA) is 85.1 Å². The first-order valence-corrected chi connectivity index (χ1v) is 8.22. The van der Waals surface area contributed by atoms with Crippen molar-refractivity contribution < 1.29 is 12.8 Å². The van der Waals surface area contributed by atoms with Gasteiger partial charge in [-0.2, -0.15) is 0 Å². The highest BCUT2D eigenvalue weighted by molar-refractivity contribution is 7.99. The van der Waals surface area contributed by atoms with Crippen molar-refractivity contribution in [3.8, 4) is 0 Å². The largest absolute Gasteiger partial charge is 0.416 e. The van der Waals surface area contributed by atoms with E-state index in [1.165, 1.54) is 11.8 Å². The molecule has 1 aliphatic rings. The van der Waals surface area contributed by atoms with Crippen molar-refractivity contribution >= 4 is 21.6 Å². The minimum Gasteiger partial charge on any atom is -0.416 e. The lowest BCUT2D eigenvalue weighted by molar-refractivity contribution is 0.429. The zero-order valence-corrected chi connectivity index (χ0v) is 11.2. The monoisotopic (exact) mass is 277 g/mol. The molecular formula is C9H15N3O3S2. The minimum atomic E-state index is -2.79. The SMILES string of the molecule is Cc1nnc(SCCNC2CCS(=O)(=O)C2)o1. The number of nitrogens with one attached hydrogen (secondary N) is 1. The second-order valence-corrected chi connectivity index (χ2v) is 7.26. The average Bonchev–Trinajstić information content (AvgIpc) is 2.80. The number of thioether (sulfide) groups is 1. The fourth-order valence-corrected chi connectivity index (χ4v) is 4.07. The van der Waals surface area contributed by atoms with E-state index < -0.39 is 9.84 Å². The summed E-state index contributed by atoms with van der Waals surface area (Å²) in [6.45, 7) is 2.49. The van der Waals surface area contributed by atoms with E-state index in [0.717, 1.165) is 12.3 Å². The van der Waals surface area contributed by atoms with Gasteiger partial charge in [-0.05, 0) is 6.42 Å². The summed E-state index contributed by atoms with van der Waals surface area (Å²) in [7, 11) is -2.79. The van der Waals surface area contributed by atoms with Gasteiger partial charge in [-0.1, -0.05) is 11.8 Å². The van der Waals surface area contributed by atoms with Crippen molar-refractivity contribution in [1.29, 1.82) is 0 Å². The molecule has 1 N–H and O–H groups in total. The lowest BCUT2D eigenvalue weighted by Crippen LogP contribution is -2.31. The van der Waals surface area contributed by atoms with Crippen LogP contribution in [0.15, 0.2) is 9.64 Å². The van der Waals surface area contributed by atoms with Crippen molar-refractivity contribution in [2.45, 2.75) is 24.6 Å². The standard InChI is InChI=1S/C9H15N3O3S2/c1-7-11-12-9(15-7)16-4-3-10-8-2-5-17(13,14)6-8/h8,10H,2-6H2,1H3. The summed E-state index contributed by atoms with van der Waals surface area (Å²) in [5.74, 6) is 1.92. The molecule has 1 fully saturated rings. The predicted molar refractivity (Wildman–Crippen MR) is 64.8 cm³/mol. The zero-order chi connectivity index (χ0) is 12.3. The Balaban J connectivity index is 1.64. The van der Waals surface area contributed by atoms with E-state index in [1.807, 2.05) is 0 Å². The summed E-state index contributed by atoms with van der Waals surface area (Å²) in [6.07, 6.45) is 0.715. The maximum atomic E-state index is 11.2. The molecule has 0 amide bonds. The maximum absolute atomic E-state index is 11.2. The van der Waals surface area contributed by atoms with Crippen LogP contribution >= 0.6 is 11.8 Å². The Morgan fingerprint density at radius 3 is 2.94 bits per heavy atom. The molecule has 0 saturated carbocycles. The molecule has 8 heteroatoms. The molecule has 2 rings (SSSR count). The molecule has 1 aliphatic heterocycles. The number of hydrogen-bond donors (Lipinski definition) is 1. The van der Waals surface area contributed by atoms with Crippen LogP contribution < -0.4 is 5.32 Å². The van der Waals surface area contributed by atoms with Gasteiger partial charge in [0.25, 0.3) is 5.22 Å². The molecule has 6 nitrogen and oxygen atoms in total. The van der Waals surface area contributed by atoms with E-state index >= 15 is 0 Å². The summed E-state index contributed by atoms with van der Waals surface area (Å²) in [4.78, 5) is 0. The molecule has 1 aromatic rings. The lowest BCUT2D eigenvalue weighted by Gasteiger charge is -2.08. The maximum Gasteiger partial charge on any atom is 0.276 e. The van der Waals surface area contributed by atoms with Gasteiger partial charge in [-0.25, -0.2) is 8.42 Å². The fourth-order valence-electron chi connectivity index (χ4n) is 1.69. The highest BCUT2D eigenvalue weighted by Gasteiger charge is 2.26. The predicted octanol–water partition coefficient (Wildman–Crippen LogP) is 0.247. The number of nitrogens with zero attached hydrogens (tertiary/aromatic N) is 2. The second kappa shape index (κ2) is 5.36. The van der Waals surface area contributed by atoms with E-state index in [4.69, 9.17) is 4.42 Å². The Bertz CT molecular complexity index is 472. The Hall–Kier alpha value is -0.600. The fraction of sp³-hybridized carbons (Fsp3) is 0.778. The Morgan fingerprint density at radius 2 is 2.35 bits per heavy atom. The smallest absolute Gasteiger partial charge is 0.276 e. The Labute approximate surface area is 104 Å². The van der Waals surface area contributed by atoms with Crippen LogP contribution in [0.1, 0.15) is 12.3 Å². The van der Waals surface area contributed by atoms with Crippen molar-refractivity contribution in [2.24, 2.45) is 0 Å². The molecule has 1 saturated heterocycles. The normalized spacial score (nSPS) is 23.0. The summed E-state index contributed by atoms with van der Waals surface area (Å²) in [6, 6.07) is 0.102. The third-order valence-corrected chi connectivity index (χ3v) is 5.09. The van der Waals surface area contributed by atoms with Crippen molar-refractivity contribution in [1.82, 2.24) is 15.5 Å². The van der Waals surface area contributed by atoms with Crippen LogP contribution in [-0.2, 0) is 9.84 Å². The lowest BCUT2D eigenvalue weighted by atomic mass is 10.3. The zero-order valence-electron chi connectivity index (χ0n) is 9.55. The van der Waals surface area contributed by atoms with E-state index in [0.29, 0.717) is 23.3 Å². The van der Waals surface area contributed by atoms with Crippen LogP contribution in [0.2, 0.25) is 0 Å². The Kier molecular flexibility index (Phi) is 4.05. The quantitative estimate of drug-likeness (QED) is 0.610. The second-order valence-electron chi connectivity index (χ2n) is 3.99. The number of rotatable bonds is 5. The number of sulfone groups is 1. The minimum absolute atomic E-state index is 0.102. The molecule has 0 spiro atoms. The van der Waals surface area contributed by atoms with E-state index in [9.17, 15) is 8.42 Å². The van der Waals surface area contributed by atoms with Crippen LogP contribution in [0.4, 0.5) is 0 Å². The van der Waals surface area contributed by atoms with Crippen LogP contribution in [0, 0.1) is 6.92 Å². The van der Waals surface area contributed by atoms with Gasteiger partial charge < -0.3 is 9.73 Å². The molecule has 2 heterocycles. The van der Waals surface area contributed by atoms with E-state index in [-0.39, 0.29) is 11.8 Å². The van der Waals surface area contributed by atoms with Crippen LogP contribution in [0.25, 0.3) is 0 Å². The van der Waals surface area contributed by atoms with Crippen LogP contribution in [0.5, 0.6) is 0 Å². The van der Waals surface area contributed by atoms with E-state index in [2.05, 4.69) is 15.5 Å². The number of aromatic nitrogens is 2. The van der Waals surface area contributed by atoms with Gasteiger partial charge in [-0.15, -0.1) is 10.2 Å². The number of hydrogen-bond acceptors (Lipinski definition) is 7. The average molecular weight is 277 g/mol. The first kappa shape index (κ1) is 12.8. The van der Waals surface area contributed by atoms with Crippen molar-refractivity contribution in [3.63, 3.8) is 0 Å². The molecule has 1 unspecified atom stereocenters. The Morgan fingerprint density at radius 1 is 1.53 bits per heavy atom. The molecule has 0 radical (unpaired) electrons. The first-order valence-electron chi connectivity index (χ1n) is 5.42. The van der Waals surface area contributed by atoms with Gasteiger partial charge in [0.15, 0.2) is 9.84 Å². The highest BCUT2D eigenvalue weighted by Crippen LogP contribution is 2.15. The third kappa shape index (κ3) is 3.97. The molecule has 0 aliphatic carbocycles. The molecule has 1 aromatic heterocycles. The summed E-state index contributed by atoms with van der Waals surface area (Å²) < 4.78 is 27.6. The van der Waals surface area contributed by atoms with Crippen molar-refractivity contribution in [3.05, 3.63) is 5.89 Å². The summed E-state index contributed by atoms with van der Waals surface area (Å²) >= 11 is 1.47. The number of aryl methyl sites for hydroxylation is 1. The molecular weight excluding hydrogens is 262 g/mol. The molecule has 1 atom stereocenters. The van der Waals surface area contributed by atoms with Gasteiger partial charge >= 0.3 is 0 Å². The summed E-state index contributed by atoms with van der Waals surface area (Å²) in [5, 5.41) is 11.4. The van der Waals surface area contributed by atoms with Gasteiger partial charge in [0.1, 0.15) is 0 Å². The van der Waals surface area contributed by atoms with E-state index in [1.54, 1.807) is 6.92 Å². The third-order valence-electron chi connectivity index (χ3n) is 2.50. The summed E-state index contributed by atoms with van der Waals surface area (Å²) in [5.41, 5.74) is 0. The highest BCUT2D eigenvalue weighted by atomic mass is 32.2. The molecule has 0 bridgehead atoms.